The van der Waals surface area contributed by atoms with Gasteiger partial charge in [-0.2, -0.15) is 0 Å². The topological polar surface area (TPSA) is 74.3 Å². The molecule has 1 aliphatic carbocycles. The van der Waals surface area contributed by atoms with Crippen molar-refractivity contribution in [3.63, 3.8) is 0 Å². The Kier molecular flexibility index (Phi) is 7.28. The molecule has 2 amide bonds. The van der Waals surface area contributed by atoms with Gasteiger partial charge in [0.15, 0.2) is 0 Å². The molecule has 2 fully saturated rings. The van der Waals surface area contributed by atoms with E-state index in [1.54, 1.807) is 0 Å². The number of aryl methyl sites for hydroxylation is 1. The van der Waals surface area contributed by atoms with Crippen molar-refractivity contribution in [2.24, 2.45) is 5.92 Å². The average molecular weight is 437 g/mol. The van der Waals surface area contributed by atoms with E-state index < -0.39 is 0 Å². The highest BCUT2D eigenvalue weighted by Gasteiger charge is 2.19. The molecule has 1 saturated carbocycles. The van der Waals surface area contributed by atoms with Crippen LogP contribution in [0.25, 0.3) is 10.9 Å². The molecule has 0 spiro atoms. The van der Waals surface area contributed by atoms with E-state index in [0.717, 1.165) is 59.8 Å². The first-order chi connectivity index (χ1) is 15.5. The third-order valence-corrected chi connectivity index (χ3v) is 6.94. The number of benzene rings is 1. The van der Waals surface area contributed by atoms with Gasteiger partial charge in [-0.25, -0.2) is 4.98 Å². The highest BCUT2D eigenvalue weighted by Crippen LogP contribution is 2.28. The van der Waals surface area contributed by atoms with Gasteiger partial charge in [0, 0.05) is 43.0 Å². The van der Waals surface area contributed by atoms with Crippen LogP contribution in [0.4, 0.5) is 11.5 Å². The Balaban J connectivity index is 1.34. The summed E-state index contributed by atoms with van der Waals surface area (Å²) >= 11 is 0. The molecule has 4 rings (SSSR count). The minimum atomic E-state index is -0.132. The molecule has 0 bridgehead atoms. The summed E-state index contributed by atoms with van der Waals surface area (Å²) in [6.45, 7) is 6.53. The summed E-state index contributed by atoms with van der Waals surface area (Å²) in [5.41, 5.74) is 2.86. The number of nitrogens with zero attached hydrogens (tertiary/aromatic N) is 2. The number of amides is 2. The second-order valence-corrected chi connectivity index (χ2v) is 9.65. The van der Waals surface area contributed by atoms with Gasteiger partial charge in [-0.05, 0) is 68.4 Å². The minimum Gasteiger partial charge on any atom is -0.357 e. The predicted octanol–water partition coefficient (Wildman–Crippen LogP) is 4.95. The first-order valence-corrected chi connectivity index (χ1v) is 12.2. The molecule has 1 aromatic heterocycles. The van der Waals surface area contributed by atoms with E-state index in [9.17, 15) is 9.59 Å². The molecule has 0 atom stereocenters. The Labute approximate surface area is 191 Å². The van der Waals surface area contributed by atoms with Crippen molar-refractivity contribution in [3.8, 4) is 0 Å². The molecule has 2 aliphatic rings. The number of anilines is 2. The normalized spacial score (nSPS) is 18.0. The molecule has 1 aliphatic heterocycles. The Morgan fingerprint density at radius 3 is 2.47 bits per heavy atom. The smallest absolute Gasteiger partial charge is 0.224 e. The third kappa shape index (κ3) is 5.78. The molecular formula is C26H36N4O2. The predicted molar refractivity (Wildman–Crippen MR) is 130 cm³/mol. The van der Waals surface area contributed by atoms with Crippen molar-refractivity contribution in [2.75, 3.05) is 23.3 Å². The molecule has 2 N–H and O–H groups in total. The maximum Gasteiger partial charge on any atom is 0.224 e. The maximum atomic E-state index is 12.4. The van der Waals surface area contributed by atoms with Crippen molar-refractivity contribution in [2.45, 2.75) is 77.7 Å². The number of hydrogen-bond acceptors (Lipinski definition) is 4. The highest BCUT2D eigenvalue weighted by molar-refractivity contribution is 5.96. The van der Waals surface area contributed by atoms with E-state index in [-0.39, 0.29) is 30.7 Å². The quantitative estimate of drug-likeness (QED) is 0.672. The first-order valence-electron chi connectivity index (χ1n) is 12.2. The number of fused-ring (bicyclic) bond motifs is 1. The van der Waals surface area contributed by atoms with E-state index in [4.69, 9.17) is 4.98 Å². The van der Waals surface area contributed by atoms with Gasteiger partial charge in [0.1, 0.15) is 5.82 Å². The first kappa shape index (κ1) is 22.6. The number of piperidine rings is 1. The Hall–Kier alpha value is -2.63. The van der Waals surface area contributed by atoms with Crippen LogP contribution in [-0.4, -0.2) is 35.9 Å². The van der Waals surface area contributed by atoms with Gasteiger partial charge in [-0.15, -0.1) is 0 Å². The summed E-state index contributed by atoms with van der Waals surface area (Å²) in [6, 6.07) is 8.30. The molecular weight excluding hydrogens is 400 g/mol. The number of nitrogens with one attached hydrogen (secondary N) is 2. The molecule has 172 valence electrons. The van der Waals surface area contributed by atoms with Crippen LogP contribution in [-0.2, 0) is 9.59 Å². The second-order valence-electron chi connectivity index (χ2n) is 9.65. The van der Waals surface area contributed by atoms with Gasteiger partial charge in [-0.3, -0.25) is 9.59 Å². The molecule has 0 radical (unpaired) electrons. The van der Waals surface area contributed by atoms with Crippen molar-refractivity contribution in [1.29, 1.82) is 0 Å². The summed E-state index contributed by atoms with van der Waals surface area (Å²) < 4.78 is 0. The monoisotopic (exact) mass is 436 g/mol. The van der Waals surface area contributed by atoms with Crippen molar-refractivity contribution in [3.05, 3.63) is 29.8 Å². The largest absolute Gasteiger partial charge is 0.357 e. The van der Waals surface area contributed by atoms with Crippen LogP contribution in [0.2, 0.25) is 0 Å². The van der Waals surface area contributed by atoms with Gasteiger partial charge < -0.3 is 15.5 Å². The summed E-state index contributed by atoms with van der Waals surface area (Å²) in [4.78, 5) is 31.8. The minimum absolute atomic E-state index is 0.0229. The highest BCUT2D eigenvalue weighted by atomic mass is 16.2. The number of carbonyl (C=O) groups is 2. The molecule has 1 aromatic carbocycles. The molecule has 6 nitrogen and oxygen atoms in total. The van der Waals surface area contributed by atoms with Crippen molar-refractivity contribution >= 4 is 34.2 Å². The van der Waals surface area contributed by atoms with Gasteiger partial charge in [0.05, 0.1) is 5.52 Å². The third-order valence-electron chi connectivity index (χ3n) is 6.94. The number of aromatic nitrogens is 1. The fourth-order valence-corrected chi connectivity index (χ4v) is 4.85. The maximum absolute atomic E-state index is 12.4. The lowest BCUT2D eigenvalue weighted by atomic mass is 9.95. The molecule has 2 heterocycles. The summed E-state index contributed by atoms with van der Waals surface area (Å²) in [6.07, 6.45) is 8.58. The number of rotatable bonds is 6. The fourth-order valence-electron chi connectivity index (χ4n) is 4.85. The van der Waals surface area contributed by atoms with E-state index in [1.165, 1.54) is 32.1 Å². The summed E-state index contributed by atoms with van der Waals surface area (Å²) in [5, 5.41) is 7.07. The Bertz CT molecular complexity index is 960. The van der Waals surface area contributed by atoms with E-state index >= 15 is 0 Å². The zero-order valence-electron chi connectivity index (χ0n) is 19.5. The standard InChI is InChI=1S/C26H36N4O2/c1-18-12-14-30(15-13-18)24-16-19(2)22-17-21(8-9-23(22)29-24)28-26(32)11-10-25(31)27-20-6-4-3-5-7-20/h8-9,16-18,20H,3-7,10-15H2,1-2H3,(H,27,31)(H,28,32). The fraction of sp³-hybridized carbons (Fsp3) is 0.577. The van der Waals surface area contributed by atoms with Crippen LogP contribution in [0, 0.1) is 12.8 Å². The zero-order chi connectivity index (χ0) is 22.5. The summed E-state index contributed by atoms with van der Waals surface area (Å²) in [5.74, 6) is 1.68. The van der Waals surface area contributed by atoms with Crippen LogP contribution in [0.5, 0.6) is 0 Å². The van der Waals surface area contributed by atoms with Gasteiger partial charge in [0.25, 0.3) is 0 Å². The molecule has 1 saturated heterocycles. The lowest BCUT2D eigenvalue weighted by Gasteiger charge is -2.31. The van der Waals surface area contributed by atoms with E-state index in [0.29, 0.717) is 0 Å². The average Bonchev–Trinajstić information content (AvgIpc) is 2.79. The van der Waals surface area contributed by atoms with Crippen LogP contribution in [0.3, 0.4) is 0 Å². The Morgan fingerprint density at radius 2 is 1.72 bits per heavy atom. The van der Waals surface area contributed by atoms with Crippen LogP contribution in [0.15, 0.2) is 24.3 Å². The number of pyridine rings is 1. The van der Waals surface area contributed by atoms with Gasteiger partial charge in [-0.1, -0.05) is 26.2 Å². The SMILES string of the molecule is Cc1cc(N2CCC(C)CC2)nc2ccc(NC(=O)CCC(=O)NC3CCCCC3)cc12. The van der Waals surface area contributed by atoms with Crippen LogP contribution in [0.1, 0.15) is 70.3 Å². The molecule has 6 heteroatoms. The number of hydrogen-bond donors (Lipinski definition) is 2. The van der Waals surface area contributed by atoms with Crippen LogP contribution >= 0.6 is 0 Å². The molecule has 2 aromatic rings. The van der Waals surface area contributed by atoms with Crippen LogP contribution < -0.4 is 15.5 Å². The summed E-state index contributed by atoms with van der Waals surface area (Å²) in [7, 11) is 0. The van der Waals surface area contributed by atoms with Crippen molar-refractivity contribution in [1.82, 2.24) is 10.3 Å². The number of carbonyl (C=O) groups excluding carboxylic acids is 2. The zero-order valence-corrected chi connectivity index (χ0v) is 19.5. The van der Waals surface area contributed by atoms with Gasteiger partial charge >= 0.3 is 0 Å². The lowest BCUT2D eigenvalue weighted by Crippen LogP contribution is -2.36. The molecule has 0 unspecified atom stereocenters. The Morgan fingerprint density at radius 1 is 1.00 bits per heavy atom. The van der Waals surface area contributed by atoms with Gasteiger partial charge in [0.2, 0.25) is 11.8 Å². The second kappa shape index (κ2) is 10.3. The van der Waals surface area contributed by atoms with Crippen molar-refractivity contribution < 1.29 is 9.59 Å². The van der Waals surface area contributed by atoms with E-state index in [1.807, 2.05) is 18.2 Å². The molecule has 32 heavy (non-hydrogen) atoms. The lowest BCUT2D eigenvalue weighted by molar-refractivity contribution is -0.125. The van der Waals surface area contributed by atoms with E-state index in [2.05, 4.69) is 35.4 Å².